The first kappa shape index (κ1) is 24.5. The Morgan fingerprint density at radius 2 is 1.12 bits per heavy atom. The average molecular weight is 477 g/mol. The van der Waals surface area contributed by atoms with Gasteiger partial charge in [-0.1, -0.05) is 54.6 Å². The van der Waals surface area contributed by atoms with E-state index in [4.69, 9.17) is 4.74 Å². The summed E-state index contributed by atoms with van der Waals surface area (Å²) in [5.74, 6) is -0.448. The molecule has 0 amide bonds. The van der Waals surface area contributed by atoms with E-state index in [1.807, 2.05) is 0 Å². The third-order valence-electron chi connectivity index (χ3n) is 4.49. The summed E-state index contributed by atoms with van der Waals surface area (Å²) in [5.41, 5.74) is 0.348. The topological polar surface area (TPSA) is 66.4 Å². The molecule has 0 saturated carbocycles. The molecule has 1 atom stereocenters. The van der Waals surface area contributed by atoms with Gasteiger partial charge in [0.2, 0.25) is 0 Å². The summed E-state index contributed by atoms with van der Waals surface area (Å²) in [6.07, 6.45) is 0. The molecular formula is C27H24O4S2. The summed E-state index contributed by atoms with van der Waals surface area (Å²) >= 11 is -2.26. The van der Waals surface area contributed by atoms with Crippen molar-refractivity contribution in [1.82, 2.24) is 0 Å². The number of carbonyl (C=O) groups is 1. The molecule has 0 saturated heterocycles. The van der Waals surface area contributed by atoms with E-state index in [2.05, 4.69) is 91.0 Å². The molecule has 0 aliphatic heterocycles. The molecule has 1 unspecified atom stereocenters. The lowest BCUT2D eigenvalue weighted by Gasteiger charge is -2.07. The largest absolute Gasteiger partial charge is 0.768 e. The molecule has 0 spiro atoms. The van der Waals surface area contributed by atoms with Gasteiger partial charge >= 0.3 is 5.97 Å². The quantitative estimate of drug-likeness (QED) is 0.198. The van der Waals surface area contributed by atoms with Crippen LogP contribution in [-0.4, -0.2) is 21.3 Å². The summed E-state index contributed by atoms with van der Waals surface area (Å²) < 4.78 is 25.7. The van der Waals surface area contributed by atoms with E-state index >= 15 is 0 Å². The molecule has 0 fully saturated rings. The molecule has 6 heteroatoms. The molecule has 4 aromatic carbocycles. The molecule has 33 heavy (non-hydrogen) atoms. The molecule has 0 aliphatic rings. The minimum atomic E-state index is -2.26. The van der Waals surface area contributed by atoms with Gasteiger partial charge in [-0.25, -0.2) is 4.79 Å². The lowest BCUT2D eigenvalue weighted by molar-refractivity contribution is 0.0526. The van der Waals surface area contributed by atoms with Gasteiger partial charge in [0.1, 0.15) is 0 Å². The summed E-state index contributed by atoms with van der Waals surface area (Å²) in [5, 5.41) is 0. The van der Waals surface area contributed by atoms with Crippen molar-refractivity contribution in [2.75, 3.05) is 6.61 Å². The number of carbonyl (C=O) groups excluding carboxylic acids is 1. The highest BCUT2D eigenvalue weighted by Gasteiger charge is 2.27. The van der Waals surface area contributed by atoms with Crippen LogP contribution in [0.25, 0.3) is 0 Å². The second kappa shape index (κ2) is 12.7. The molecule has 0 bridgehead atoms. The smallest absolute Gasteiger partial charge is 0.338 e. The molecule has 4 aromatic rings. The van der Waals surface area contributed by atoms with Gasteiger partial charge in [0, 0.05) is 4.90 Å². The number of hydrogen-bond acceptors (Lipinski definition) is 4. The van der Waals surface area contributed by atoms with Crippen LogP contribution in [0.4, 0.5) is 0 Å². The molecule has 0 radical (unpaired) electrons. The molecule has 0 aromatic heterocycles. The predicted molar refractivity (Wildman–Crippen MR) is 131 cm³/mol. The lowest BCUT2D eigenvalue weighted by atomic mass is 10.2. The van der Waals surface area contributed by atoms with Crippen LogP contribution in [0.5, 0.6) is 0 Å². The van der Waals surface area contributed by atoms with Gasteiger partial charge < -0.3 is 9.29 Å². The van der Waals surface area contributed by atoms with E-state index in [0.29, 0.717) is 12.2 Å². The Morgan fingerprint density at radius 3 is 1.45 bits per heavy atom. The van der Waals surface area contributed by atoms with E-state index in [-0.39, 0.29) is 15.8 Å². The van der Waals surface area contributed by atoms with Crippen molar-refractivity contribution in [3.63, 3.8) is 0 Å². The van der Waals surface area contributed by atoms with Crippen LogP contribution in [0.2, 0.25) is 0 Å². The Morgan fingerprint density at radius 1 is 0.727 bits per heavy atom. The maximum Gasteiger partial charge on any atom is 0.338 e. The Kier molecular flexibility index (Phi) is 9.44. The molecule has 0 N–H and O–H groups in total. The van der Waals surface area contributed by atoms with Crippen molar-refractivity contribution < 1.29 is 18.3 Å². The Bertz CT molecular complexity index is 1060. The Labute approximate surface area is 199 Å². The van der Waals surface area contributed by atoms with Gasteiger partial charge in [-0.3, -0.25) is 4.21 Å². The first-order chi connectivity index (χ1) is 16.1. The third-order valence-corrected chi connectivity index (χ3v) is 7.38. The minimum absolute atomic E-state index is 0.0146. The Hall–Kier alpha value is -3.19. The van der Waals surface area contributed by atoms with Gasteiger partial charge in [0.05, 0.1) is 23.1 Å². The normalized spacial score (nSPS) is 11.2. The van der Waals surface area contributed by atoms with Crippen molar-refractivity contribution >= 4 is 27.9 Å². The van der Waals surface area contributed by atoms with E-state index in [1.165, 1.54) is 39.0 Å². The number of rotatable bonds is 6. The van der Waals surface area contributed by atoms with E-state index in [9.17, 15) is 13.6 Å². The number of esters is 1. The summed E-state index contributed by atoms with van der Waals surface area (Å²) in [7, 11) is -0.0146. The zero-order chi connectivity index (χ0) is 23.5. The van der Waals surface area contributed by atoms with Gasteiger partial charge in [-0.15, -0.1) is 0 Å². The molecular weight excluding hydrogens is 452 g/mol. The molecule has 4 rings (SSSR count). The maximum atomic E-state index is 11.1. The van der Waals surface area contributed by atoms with Crippen molar-refractivity contribution in [2.45, 2.75) is 26.5 Å². The monoisotopic (exact) mass is 476 g/mol. The van der Waals surface area contributed by atoms with Gasteiger partial charge in [0.25, 0.3) is 0 Å². The fraction of sp³-hybridized carbons (Fsp3) is 0.0741. The third kappa shape index (κ3) is 7.15. The van der Waals surface area contributed by atoms with Crippen molar-refractivity contribution in [1.29, 1.82) is 0 Å². The van der Waals surface area contributed by atoms with Crippen LogP contribution in [0.1, 0.15) is 17.3 Å². The highest BCUT2D eigenvalue weighted by atomic mass is 32.2. The lowest BCUT2D eigenvalue weighted by Crippen LogP contribution is -2.04. The second-order valence-electron chi connectivity index (χ2n) is 6.72. The first-order valence-corrected chi connectivity index (χ1v) is 12.7. The van der Waals surface area contributed by atoms with Crippen LogP contribution < -0.4 is 0 Å². The van der Waals surface area contributed by atoms with E-state index < -0.39 is 17.0 Å². The number of hydrogen-bond donors (Lipinski definition) is 0. The van der Waals surface area contributed by atoms with Crippen molar-refractivity contribution in [2.24, 2.45) is 0 Å². The SMILES string of the molecule is CCOC(=O)c1ccc(S(=O)[O-])cc1.c1ccc([S+](c2ccccc2)c2ccccc2)cc1. The zero-order valence-electron chi connectivity index (χ0n) is 18.1. The second-order valence-corrected chi connectivity index (χ2v) is 9.69. The fourth-order valence-electron chi connectivity index (χ4n) is 2.99. The predicted octanol–water partition coefficient (Wildman–Crippen LogP) is 5.88. The van der Waals surface area contributed by atoms with Crippen LogP contribution in [0.3, 0.4) is 0 Å². The van der Waals surface area contributed by atoms with Crippen LogP contribution in [0, 0.1) is 0 Å². The highest BCUT2D eigenvalue weighted by molar-refractivity contribution is 7.97. The highest BCUT2D eigenvalue weighted by Crippen LogP contribution is 2.30. The zero-order valence-corrected chi connectivity index (χ0v) is 19.8. The first-order valence-electron chi connectivity index (χ1n) is 10.4. The molecule has 4 nitrogen and oxygen atoms in total. The van der Waals surface area contributed by atoms with Crippen molar-refractivity contribution in [3.05, 3.63) is 121 Å². The van der Waals surface area contributed by atoms with Crippen LogP contribution >= 0.6 is 0 Å². The summed E-state index contributed by atoms with van der Waals surface area (Å²) in [6, 6.07) is 37.7. The molecule has 0 heterocycles. The standard InChI is InChI=1S/C18H15S.C9H10O4S/c1-4-10-16(11-5-1)19(17-12-6-2-7-13-17)18-14-8-3-9-15-18;1-2-13-9(10)7-3-5-8(6-4-7)14(11)12/h1-15H;3-6H,2H2,1H3,(H,11,12)/q+1;/p-1. The Balaban J connectivity index is 0.000000196. The average Bonchev–Trinajstić information content (AvgIpc) is 2.87. The van der Waals surface area contributed by atoms with Gasteiger partial charge in [0.15, 0.2) is 14.7 Å². The van der Waals surface area contributed by atoms with Gasteiger partial charge in [-0.05, 0) is 78.7 Å². The molecule has 0 aliphatic carbocycles. The fourth-order valence-corrected chi connectivity index (χ4v) is 5.46. The van der Waals surface area contributed by atoms with Crippen molar-refractivity contribution in [3.8, 4) is 0 Å². The number of benzene rings is 4. The van der Waals surface area contributed by atoms with Crippen LogP contribution in [-0.2, 0) is 26.7 Å². The minimum Gasteiger partial charge on any atom is -0.768 e. The number of ether oxygens (including phenoxy) is 1. The molecule has 168 valence electrons. The van der Waals surface area contributed by atoms with Crippen LogP contribution in [0.15, 0.2) is 135 Å². The van der Waals surface area contributed by atoms with Gasteiger partial charge in [-0.2, -0.15) is 0 Å². The summed E-state index contributed by atoms with van der Waals surface area (Å²) in [6.45, 7) is 2.01. The summed E-state index contributed by atoms with van der Waals surface area (Å²) in [4.78, 5) is 15.4. The van der Waals surface area contributed by atoms with E-state index in [1.54, 1.807) is 6.92 Å². The van der Waals surface area contributed by atoms with E-state index in [0.717, 1.165) is 0 Å². The maximum absolute atomic E-state index is 11.1.